The molecule has 3 rings (SSSR count). The van der Waals surface area contributed by atoms with Gasteiger partial charge in [0.1, 0.15) is 17.1 Å². The molecule has 0 bridgehead atoms. The summed E-state index contributed by atoms with van der Waals surface area (Å²) < 4.78 is 58.5. The minimum Gasteiger partial charge on any atom is -0.438 e. The number of ether oxygens (including phenoxy) is 1. The molecule has 0 aliphatic rings. The highest BCUT2D eigenvalue weighted by Crippen LogP contribution is 2.34. The van der Waals surface area contributed by atoms with Crippen LogP contribution in [-0.2, 0) is 13.2 Å². The van der Waals surface area contributed by atoms with E-state index in [9.17, 15) is 22.4 Å². The molecule has 0 fully saturated rings. The number of hydrogen-bond acceptors (Lipinski definition) is 3. The van der Waals surface area contributed by atoms with Gasteiger partial charge in [0.05, 0.1) is 11.3 Å². The molecule has 0 spiro atoms. The fraction of sp³-hybridized carbons (Fsp3) is 0.158. The summed E-state index contributed by atoms with van der Waals surface area (Å²) >= 11 is 0. The Morgan fingerprint density at radius 3 is 2.46 bits per heavy atom. The second kappa shape index (κ2) is 7.34. The van der Waals surface area contributed by atoms with Gasteiger partial charge in [0.2, 0.25) is 5.88 Å². The highest BCUT2D eigenvalue weighted by atomic mass is 19.4. The Morgan fingerprint density at radius 2 is 1.82 bits per heavy atom. The average molecular weight is 393 g/mol. The molecule has 0 saturated carbocycles. The second-order valence-electron chi connectivity index (χ2n) is 5.98. The maximum absolute atomic E-state index is 13.0. The van der Waals surface area contributed by atoms with E-state index in [0.717, 1.165) is 12.1 Å². The van der Waals surface area contributed by atoms with Crippen molar-refractivity contribution in [1.29, 1.82) is 0 Å². The number of aryl methyl sites for hydroxylation is 2. The summed E-state index contributed by atoms with van der Waals surface area (Å²) in [4.78, 5) is 12.7. The normalized spacial score (nSPS) is 11.4. The van der Waals surface area contributed by atoms with Crippen LogP contribution in [0.25, 0.3) is 0 Å². The van der Waals surface area contributed by atoms with Gasteiger partial charge in [-0.05, 0) is 49.4 Å². The smallest absolute Gasteiger partial charge is 0.416 e. The molecule has 9 heteroatoms. The Labute approximate surface area is 157 Å². The number of alkyl halides is 3. The number of halogens is 4. The van der Waals surface area contributed by atoms with E-state index in [0.29, 0.717) is 11.4 Å². The minimum absolute atomic E-state index is 0.0172. The van der Waals surface area contributed by atoms with Gasteiger partial charge in [-0.2, -0.15) is 18.3 Å². The molecule has 0 aliphatic heterocycles. The zero-order chi connectivity index (χ0) is 20.5. The predicted octanol–water partition coefficient (Wildman–Crippen LogP) is 4.93. The summed E-state index contributed by atoms with van der Waals surface area (Å²) in [5.74, 6) is -1.14. The van der Waals surface area contributed by atoms with E-state index >= 15 is 0 Å². The van der Waals surface area contributed by atoms with Crippen LogP contribution in [0.1, 0.15) is 21.6 Å². The Bertz CT molecular complexity index is 1010. The van der Waals surface area contributed by atoms with E-state index in [-0.39, 0.29) is 17.2 Å². The zero-order valence-corrected chi connectivity index (χ0v) is 14.8. The lowest BCUT2D eigenvalue weighted by Crippen LogP contribution is -2.14. The van der Waals surface area contributed by atoms with Gasteiger partial charge in [0, 0.05) is 12.7 Å². The van der Waals surface area contributed by atoms with Crippen LogP contribution >= 0.6 is 0 Å². The van der Waals surface area contributed by atoms with Crippen molar-refractivity contribution < 1.29 is 27.1 Å². The maximum Gasteiger partial charge on any atom is 0.416 e. The van der Waals surface area contributed by atoms with Crippen LogP contribution in [0.15, 0.2) is 48.5 Å². The molecule has 1 amide bonds. The van der Waals surface area contributed by atoms with Crippen LogP contribution in [0.3, 0.4) is 0 Å². The van der Waals surface area contributed by atoms with Crippen LogP contribution in [0.4, 0.5) is 23.2 Å². The van der Waals surface area contributed by atoms with E-state index in [2.05, 4.69) is 10.4 Å². The number of nitrogens with one attached hydrogen (secondary N) is 1. The SMILES string of the molecule is Cc1nn(C)c(Oc2cccc(C(F)(F)F)c2)c1C(=O)Nc1ccc(F)cc1. The number of aromatic nitrogens is 2. The third-order valence-corrected chi connectivity index (χ3v) is 3.87. The number of carbonyl (C=O) groups excluding carboxylic acids is 1. The van der Waals surface area contributed by atoms with Crippen molar-refractivity contribution in [3.8, 4) is 11.6 Å². The van der Waals surface area contributed by atoms with E-state index in [4.69, 9.17) is 4.74 Å². The Kier molecular flexibility index (Phi) is 5.08. The van der Waals surface area contributed by atoms with Gasteiger partial charge in [-0.25, -0.2) is 9.07 Å². The topological polar surface area (TPSA) is 56.2 Å². The highest BCUT2D eigenvalue weighted by Gasteiger charge is 2.31. The van der Waals surface area contributed by atoms with Crippen molar-refractivity contribution in [3.63, 3.8) is 0 Å². The van der Waals surface area contributed by atoms with Crippen molar-refractivity contribution in [2.45, 2.75) is 13.1 Å². The quantitative estimate of drug-likeness (QED) is 0.640. The van der Waals surface area contributed by atoms with Gasteiger partial charge in [-0.3, -0.25) is 4.79 Å². The van der Waals surface area contributed by atoms with E-state index in [1.807, 2.05) is 0 Å². The molecular weight excluding hydrogens is 378 g/mol. The molecule has 0 aliphatic carbocycles. The maximum atomic E-state index is 13.0. The molecule has 5 nitrogen and oxygen atoms in total. The second-order valence-corrected chi connectivity index (χ2v) is 5.98. The molecule has 146 valence electrons. The highest BCUT2D eigenvalue weighted by molar-refractivity contribution is 6.06. The van der Waals surface area contributed by atoms with Crippen molar-refractivity contribution >= 4 is 11.6 Å². The Hall–Kier alpha value is -3.36. The van der Waals surface area contributed by atoms with Crippen LogP contribution in [0.2, 0.25) is 0 Å². The van der Waals surface area contributed by atoms with Crippen molar-refractivity contribution in [1.82, 2.24) is 9.78 Å². The predicted molar refractivity (Wildman–Crippen MR) is 93.8 cm³/mol. The number of carbonyl (C=O) groups is 1. The third-order valence-electron chi connectivity index (χ3n) is 3.87. The number of anilines is 1. The van der Waals surface area contributed by atoms with Crippen molar-refractivity contribution in [3.05, 3.63) is 71.2 Å². The molecule has 0 unspecified atom stereocenters. The number of nitrogens with zero attached hydrogens (tertiary/aromatic N) is 2. The number of benzene rings is 2. The van der Waals surface area contributed by atoms with Crippen LogP contribution in [0.5, 0.6) is 11.6 Å². The minimum atomic E-state index is -4.52. The largest absolute Gasteiger partial charge is 0.438 e. The van der Waals surface area contributed by atoms with Crippen LogP contribution in [0, 0.1) is 12.7 Å². The van der Waals surface area contributed by atoms with Crippen LogP contribution < -0.4 is 10.1 Å². The van der Waals surface area contributed by atoms with Gasteiger partial charge in [0.15, 0.2) is 0 Å². The molecule has 1 heterocycles. The standard InChI is InChI=1S/C19H15F4N3O2/c1-11-16(17(27)24-14-8-6-13(20)7-9-14)18(26(2)25-11)28-15-5-3-4-12(10-15)19(21,22)23/h3-10H,1-2H3,(H,24,27). The summed E-state index contributed by atoms with van der Waals surface area (Å²) in [5, 5.41) is 6.69. The lowest BCUT2D eigenvalue weighted by Gasteiger charge is -2.12. The van der Waals surface area contributed by atoms with E-state index < -0.39 is 23.5 Å². The Balaban J connectivity index is 1.91. The zero-order valence-electron chi connectivity index (χ0n) is 14.8. The third kappa shape index (κ3) is 4.13. The summed E-state index contributed by atoms with van der Waals surface area (Å²) in [6, 6.07) is 9.45. The molecule has 0 atom stereocenters. The average Bonchev–Trinajstić information content (AvgIpc) is 2.90. The molecule has 3 aromatic rings. The molecule has 0 saturated heterocycles. The fourth-order valence-corrected chi connectivity index (χ4v) is 2.59. The number of hydrogen-bond donors (Lipinski definition) is 1. The fourth-order valence-electron chi connectivity index (χ4n) is 2.59. The lowest BCUT2D eigenvalue weighted by molar-refractivity contribution is -0.137. The summed E-state index contributed by atoms with van der Waals surface area (Å²) in [6.07, 6.45) is -4.52. The first kappa shape index (κ1) is 19.4. The van der Waals surface area contributed by atoms with Gasteiger partial charge in [-0.15, -0.1) is 0 Å². The summed E-state index contributed by atoms with van der Waals surface area (Å²) in [5.41, 5.74) is -0.144. The van der Waals surface area contributed by atoms with Gasteiger partial charge in [-0.1, -0.05) is 6.07 Å². The first-order chi connectivity index (χ1) is 13.1. The summed E-state index contributed by atoms with van der Waals surface area (Å²) in [7, 11) is 1.50. The molecule has 0 radical (unpaired) electrons. The molecular formula is C19H15F4N3O2. The number of rotatable bonds is 4. The van der Waals surface area contributed by atoms with Gasteiger partial charge < -0.3 is 10.1 Å². The first-order valence-electron chi connectivity index (χ1n) is 8.11. The van der Waals surface area contributed by atoms with Crippen molar-refractivity contribution in [2.75, 3.05) is 5.32 Å². The Morgan fingerprint density at radius 1 is 1.14 bits per heavy atom. The van der Waals surface area contributed by atoms with Crippen molar-refractivity contribution in [2.24, 2.45) is 7.05 Å². The molecule has 1 aromatic heterocycles. The molecule has 28 heavy (non-hydrogen) atoms. The van der Waals surface area contributed by atoms with Gasteiger partial charge >= 0.3 is 6.18 Å². The number of amides is 1. The van der Waals surface area contributed by atoms with Gasteiger partial charge in [0.25, 0.3) is 5.91 Å². The lowest BCUT2D eigenvalue weighted by atomic mass is 10.2. The van der Waals surface area contributed by atoms with E-state index in [1.54, 1.807) is 6.92 Å². The molecule has 2 aromatic carbocycles. The van der Waals surface area contributed by atoms with Crippen LogP contribution in [-0.4, -0.2) is 15.7 Å². The monoisotopic (exact) mass is 393 g/mol. The molecule has 1 N–H and O–H groups in total. The van der Waals surface area contributed by atoms with E-state index in [1.165, 1.54) is 48.1 Å². The first-order valence-corrected chi connectivity index (χ1v) is 8.11. The summed E-state index contributed by atoms with van der Waals surface area (Å²) in [6.45, 7) is 1.57.